The lowest BCUT2D eigenvalue weighted by Gasteiger charge is -2.37. The Morgan fingerprint density at radius 3 is 2.69 bits per heavy atom. The summed E-state index contributed by atoms with van der Waals surface area (Å²) in [4.78, 5) is 27.9. The van der Waals surface area contributed by atoms with Gasteiger partial charge in [0, 0.05) is 80.7 Å². The summed E-state index contributed by atoms with van der Waals surface area (Å²) in [6.07, 6.45) is 11.3. The first-order valence-corrected chi connectivity index (χ1v) is 13.8. The van der Waals surface area contributed by atoms with Crippen molar-refractivity contribution in [3.05, 3.63) is 85.1 Å². The third-order valence-electron chi connectivity index (χ3n) is 7.51. The van der Waals surface area contributed by atoms with Gasteiger partial charge in [0.25, 0.3) is 0 Å². The van der Waals surface area contributed by atoms with E-state index in [9.17, 15) is 4.79 Å². The van der Waals surface area contributed by atoms with Crippen LogP contribution in [0.3, 0.4) is 0 Å². The minimum Gasteiger partial charge on any atom is -0.378 e. The van der Waals surface area contributed by atoms with Crippen molar-refractivity contribution < 1.29 is 4.79 Å². The van der Waals surface area contributed by atoms with Gasteiger partial charge in [0.15, 0.2) is 0 Å². The molecule has 3 aromatic heterocycles. The maximum atomic E-state index is 12.2. The number of likely N-dealkylation sites (tertiary alicyclic amines) is 1. The molecule has 0 spiro atoms. The molecule has 1 aliphatic rings. The maximum Gasteiger partial charge on any atom is 0.219 e. The number of hydrogen-bond donors (Lipinski definition) is 1. The van der Waals surface area contributed by atoms with E-state index in [4.69, 9.17) is 4.98 Å². The van der Waals surface area contributed by atoms with E-state index >= 15 is 0 Å². The third kappa shape index (κ3) is 5.48. The summed E-state index contributed by atoms with van der Waals surface area (Å²) in [7, 11) is 2.06. The zero-order chi connectivity index (χ0) is 27.4. The molecule has 1 fully saturated rings. The number of hydrogen-bond acceptors (Lipinski definition) is 5. The van der Waals surface area contributed by atoms with E-state index in [1.165, 1.54) is 10.9 Å². The molecule has 1 saturated heterocycles. The van der Waals surface area contributed by atoms with Gasteiger partial charge in [-0.1, -0.05) is 32.0 Å². The van der Waals surface area contributed by atoms with E-state index in [-0.39, 0.29) is 17.9 Å². The largest absolute Gasteiger partial charge is 0.378 e. The Bertz CT molecular complexity index is 1580. The van der Waals surface area contributed by atoms with Crippen molar-refractivity contribution in [2.24, 2.45) is 13.0 Å². The van der Waals surface area contributed by atoms with Crippen LogP contribution in [0.2, 0.25) is 0 Å². The molecule has 1 amide bonds. The summed E-state index contributed by atoms with van der Waals surface area (Å²) < 4.78 is 2.14. The molecule has 200 valence electrons. The average molecular weight is 521 g/mol. The molecule has 6 rings (SSSR count). The number of nitrogens with zero attached hydrogens (tertiary/aromatic N) is 5. The zero-order valence-electron chi connectivity index (χ0n) is 23.1. The second kappa shape index (κ2) is 11.6. The first kappa shape index (κ1) is 26.4. The number of benzene rings is 2. The molecule has 1 N–H and O–H groups in total. The molecule has 39 heavy (non-hydrogen) atoms. The number of anilines is 1. The second-order valence-corrected chi connectivity index (χ2v) is 9.92. The summed E-state index contributed by atoms with van der Waals surface area (Å²) in [5, 5.41) is 5.03. The average Bonchev–Trinajstić information content (AvgIpc) is 3.36. The number of nitrogens with one attached hydrogen (secondary N) is 1. The minimum atomic E-state index is 0.00757. The number of carbonyl (C=O) groups is 1. The van der Waals surface area contributed by atoms with Gasteiger partial charge in [-0.2, -0.15) is 0 Å². The number of aromatic nitrogens is 4. The Morgan fingerprint density at radius 1 is 1.05 bits per heavy atom. The number of rotatable bonds is 5. The van der Waals surface area contributed by atoms with Crippen LogP contribution in [0.1, 0.15) is 45.2 Å². The number of aryl methyl sites for hydroxylation is 1. The van der Waals surface area contributed by atoms with E-state index in [1.54, 1.807) is 25.5 Å². The summed E-state index contributed by atoms with van der Waals surface area (Å²) in [6, 6.07) is 17.0. The van der Waals surface area contributed by atoms with E-state index < -0.39 is 0 Å². The van der Waals surface area contributed by atoms with Crippen molar-refractivity contribution in [3.8, 4) is 11.1 Å². The number of pyridine rings is 1. The lowest BCUT2D eigenvalue weighted by atomic mass is 9.86. The van der Waals surface area contributed by atoms with Crippen molar-refractivity contribution >= 4 is 33.5 Å². The Labute approximate surface area is 229 Å². The normalized spacial score (nSPS) is 16.0. The third-order valence-corrected chi connectivity index (χ3v) is 7.51. The summed E-state index contributed by atoms with van der Waals surface area (Å²) in [5.41, 5.74) is 7.12. The number of piperidine rings is 1. The van der Waals surface area contributed by atoms with E-state index in [1.807, 2.05) is 31.0 Å². The molecule has 1 aliphatic heterocycles. The topological polar surface area (TPSA) is 75.9 Å². The van der Waals surface area contributed by atoms with E-state index in [2.05, 4.69) is 75.6 Å². The summed E-state index contributed by atoms with van der Waals surface area (Å²) >= 11 is 0. The molecule has 0 bridgehead atoms. The molecule has 7 heteroatoms. The molecule has 0 saturated carbocycles. The Hall–Kier alpha value is -4.26. The van der Waals surface area contributed by atoms with Crippen molar-refractivity contribution in [2.75, 3.05) is 18.4 Å². The highest BCUT2D eigenvalue weighted by Gasteiger charge is 2.30. The van der Waals surface area contributed by atoms with Gasteiger partial charge in [0.05, 0.1) is 17.1 Å². The first-order valence-electron chi connectivity index (χ1n) is 13.8. The van der Waals surface area contributed by atoms with Gasteiger partial charge >= 0.3 is 0 Å². The number of fused-ring (bicyclic) bond motifs is 2. The fourth-order valence-electron chi connectivity index (χ4n) is 5.59. The van der Waals surface area contributed by atoms with Crippen LogP contribution in [0.25, 0.3) is 33.1 Å². The first-order chi connectivity index (χ1) is 19.1. The number of amides is 1. The summed E-state index contributed by atoms with van der Waals surface area (Å²) in [6.45, 7) is 7.21. The molecule has 5 aromatic rings. The predicted molar refractivity (Wildman–Crippen MR) is 158 cm³/mol. The van der Waals surface area contributed by atoms with Crippen molar-refractivity contribution in [2.45, 2.75) is 39.7 Å². The number of carbonyl (C=O) groups excluding carboxylic acids is 1. The lowest BCUT2D eigenvalue weighted by Crippen LogP contribution is -2.41. The van der Waals surface area contributed by atoms with E-state index in [0.29, 0.717) is 0 Å². The van der Waals surface area contributed by atoms with Gasteiger partial charge in [-0.25, -0.2) is 0 Å². The molecule has 0 radical (unpaired) electrons. The van der Waals surface area contributed by atoms with Crippen LogP contribution in [0.15, 0.2) is 79.5 Å². The van der Waals surface area contributed by atoms with Gasteiger partial charge < -0.3 is 14.8 Å². The predicted octanol–water partition coefficient (Wildman–Crippen LogP) is 6.62. The Morgan fingerprint density at radius 2 is 1.90 bits per heavy atom. The Kier molecular flexibility index (Phi) is 7.87. The fraction of sp³-hybridized carbons (Fsp3) is 0.312. The van der Waals surface area contributed by atoms with Gasteiger partial charge in [-0.15, -0.1) is 0 Å². The molecule has 7 nitrogen and oxygen atoms in total. The molecular formula is C32H36N6O. The maximum absolute atomic E-state index is 12.2. The monoisotopic (exact) mass is 520 g/mol. The molecule has 2 aromatic carbocycles. The van der Waals surface area contributed by atoms with Crippen LogP contribution in [0.5, 0.6) is 0 Å². The van der Waals surface area contributed by atoms with Crippen LogP contribution < -0.4 is 5.32 Å². The standard InChI is InChI=1S/C30H30N6O.C2H6/c1-20(37)36-13-4-6-24(19-36)29(23-5-3-10-31-18-23)34-25-16-26(30-27(17-25)32-11-12-33-30)22-8-7-21-9-14-35(2)28(21)15-22;1-2/h3,5,7-12,14-18,24,29,34H,4,6,13,19H2,1-2H3;1-2H3/t24-,29?;/m0./s1. The van der Waals surface area contributed by atoms with Crippen LogP contribution in [-0.2, 0) is 11.8 Å². The fourth-order valence-corrected chi connectivity index (χ4v) is 5.59. The van der Waals surface area contributed by atoms with Crippen LogP contribution in [-0.4, -0.2) is 43.4 Å². The van der Waals surface area contributed by atoms with Gasteiger partial charge in [0.1, 0.15) is 0 Å². The second-order valence-electron chi connectivity index (χ2n) is 9.92. The highest BCUT2D eigenvalue weighted by Crippen LogP contribution is 2.36. The van der Waals surface area contributed by atoms with Crippen LogP contribution >= 0.6 is 0 Å². The lowest BCUT2D eigenvalue weighted by molar-refractivity contribution is -0.130. The molecule has 0 aliphatic carbocycles. The van der Waals surface area contributed by atoms with Gasteiger partial charge in [0.2, 0.25) is 5.91 Å². The molecular weight excluding hydrogens is 484 g/mol. The highest BCUT2D eigenvalue weighted by atomic mass is 16.2. The van der Waals surface area contributed by atoms with Crippen molar-refractivity contribution in [1.29, 1.82) is 0 Å². The van der Waals surface area contributed by atoms with Crippen LogP contribution in [0, 0.1) is 5.92 Å². The highest BCUT2D eigenvalue weighted by molar-refractivity contribution is 5.97. The van der Waals surface area contributed by atoms with E-state index in [0.717, 1.165) is 59.3 Å². The smallest absolute Gasteiger partial charge is 0.219 e. The zero-order valence-corrected chi connectivity index (χ0v) is 23.1. The SMILES string of the molecule is CC.CC(=O)N1CCC[C@H](C(Nc2cc(-c3ccc4ccn(C)c4c3)c3nccnc3c2)c2cccnc2)C1. The molecule has 2 atom stereocenters. The molecule has 4 heterocycles. The van der Waals surface area contributed by atoms with Crippen LogP contribution in [0.4, 0.5) is 5.69 Å². The van der Waals surface area contributed by atoms with Gasteiger partial charge in [-0.05, 0) is 59.7 Å². The quantitative estimate of drug-likeness (QED) is 0.282. The minimum absolute atomic E-state index is 0.00757. The molecule has 1 unspecified atom stereocenters. The summed E-state index contributed by atoms with van der Waals surface area (Å²) in [5.74, 6) is 0.400. The van der Waals surface area contributed by atoms with Crippen molar-refractivity contribution in [3.63, 3.8) is 0 Å². The van der Waals surface area contributed by atoms with Gasteiger partial charge in [-0.3, -0.25) is 19.7 Å². The Balaban J connectivity index is 0.00000151. The van der Waals surface area contributed by atoms with Crippen molar-refractivity contribution in [1.82, 2.24) is 24.4 Å².